The minimum atomic E-state index is -0.485. The minimum absolute atomic E-state index is 0.180. The minimum Gasteiger partial charge on any atom is -0.409 e. The summed E-state index contributed by atoms with van der Waals surface area (Å²) in [6.07, 6.45) is 0. The van der Waals surface area contributed by atoms with Gasteiger partial charge in [0.05, 0.1) is 0 Å². The average molecular weight is 277 g/mol. The fourth-order valence-corrected chi connectivity index (χ4v) is 1.79. The van der Waals surface area contributed by atoms with E-state index in [4.69, 9.17) is 10.9 Å². The first-order valence-electron chi connectivity index (χ1n) is 5.86. The molecule has 0 atom stereocenters. The molecule has 0 fully saturated rings. The van der Waals surface area contributed by atoms with Gasteiger partial charge in [-0.1, -0.05) is 17.3 Å². The van der Waals surface area contributed by atoms with Crippen molar-refractivity contribution in [1.82, 2.24) is 0 Å². The summed E-state index contributed by atoms with van der Waals surface area (Å²) in [5, 5.41) is 14.6. The fraction of sp³-hybridized carbons (Fsp3) is 0.0714. The van der Waals surface area contributed by atoms with Gasteiger partial charge in [0.25, 0.3) is 0 Å². The lowest BCUT2D eigenvalue weighted by atomic mass is 10.1. The summed E-state index contributed by atoms with van der Waals surface area (Å²) < 4.78 is 26.2. The number of oxime groups is 1. The third-order valence-corrected chi connectivity index (χ3v) is 2.76. The zero-order valence-corrected chi connectivity index (χ0v) is 10.5. The van der Waals surface area contributed by atoms with E-state index in [9.17, 15) is 8.78 Å². The third-order valence-electron chi connectivity index (χ3n) is 2.76. The molecule has 0 spiro atoms. The zero-order valence-electron chi connectivity index (χ0n) is 10.5. The van der Waals surface area contributed by atoms with Crippen LogP contribution in [0, 0.1) is 11.6 Å². The van der Waals surface area contributed by atoms with Crippen molar-refractivity contribution >= 4 is 11.5 Å². The zero-order chi connectivity index (χ0) is 14.5. The number of nitrogens with one attached hydrogen (secondary N) is 1. The molecule has 104 valence electrons. The Morgan fingerprint density at radius 1 is 1.15 bits per heavy atom. The lowest BCUT2D eigenvalue weighted by molar-refractivity contribution is 0.318. The summed E-state index contributed by atoms with van der Waals surface area (Å²) >= 11 is 0. The van der Waals surface area contributed by atoms with Gasteiger partial charge >= 0.3 is 0 Å². The van der Waals surface area contributed by atoms with Crippen LogP contribution in [0.1, 0.15) is 11.1 Å². The highest BCUT2D eigenvalue weighted by atomic mass is 19.1. The van der Waals surface area contributed by atoms with E-state index in [1.807, 2.05) is 0 Å². The van der Waals surface area contributed by atoms with Crippen molar-refractivity contribution in [3.8, 4) is 0 Å². The van der Waals surface area contributed by atoms with E-state index < -0.39 is 5.82 Å². The molecule has 0 amide bonds. The Hall–Kier alpha value is -2.63. The molecule has 4 N–H and O–H groups in total. The molecule has 0 bridgehead atoms. The first kappa shape index (κ1) is 13.8. The van der Waals surface area contributed by atoms with Crippen LogP contribution in [-0.4, -0.2) is 11.0 Å². The maximum Gasteiger partial charge on any atom is 0.170 e. The van der Waals surface area contributed by atoms with Crippen LogP contribution >= 0.6 is 0 Å². The van der Waals surface area contributed by atoms with Crippen LogP contribution in [0.2, 0.25) is 0 Å². The number of halogens is 2. The number of rotatable bonds is 4. The summed E-state index contributed by atoms with van der Waals surface area (Å²) in [7, 11) is 0. The number of nitrogens with two attached hydrogens (primary N) is 1. The summed E-state index contributed by atoms with van der Waals surface area (Å²) in [6.45, 7) is 0.287. The molecule has 0 aliphatic heterocycles. The lowest BCUT2D eigenvalue weighted by Gasteiger charge is -2.11. The van der Waals surface area contributed by atoms with Gasteiger partial charge in [-0.25, -0.2) is 8.78 Å². The van der Waals surface area contributed by atoms with E-state index >= 15 is 0 Å². The normalized spacial score (nSPS) is 11.4. The molecular formula is C14H13F2N3O. The van der Waals surface area contributed by atoms with Crippen LogP contribution in [0.3, 0.4) is 0 Å². The molecule has 0 saturated carbocycles. The fourth-order valence-electron chi connectivity index (χ4n) is 1.79. The van der Waals surface area contributed by atoms with Crippen molar-refractivity contribution in [3.05, 3.63) is 65.2 Å². The number of benzene rings is 2. The van der Waals surface area contributed by atoms with Gasteiger partial charge in [-0.05, 0) is 35.9 Å². The molecule has 20 heavy (non-hydrogen) atoms. The Balaban J connectivity index is 2.21. The topological polar surface area (TPSA) is 70.6 Å². The molecule has 4 nitrogen and oxygen atoms in total. The van der Waals surface area contributed by atoms with Gasteiger partial charge < -0.3 is 16.3 Å². The lowest BCUT2D eigenvalue weighted by Crippen LogP contribution is -2.17. The molecule has 0 unspecified atom stereocenters. The number of hydrogen-bond donors (Lipinski definition) is 3. The van der Waals surface area contributed by atoms with Crippen LogP contribution in [0.15, 0.2) is 47.6 Å². The summed E-state index contributed by atoms with van der Waals surface area (Å²) in [5.74, 6) is -1.02. The molecule has 2 aromatic carbocycles. The van der Waals surface area contributed by atoms with Gasteiger partial charge in [0.2, 0.25) is 0 Å². The Labute approximate surface area is 114 Å². The standard InChI is InChI=1S/C14H13F2N3O/c15-10-2-1-3-12(6-10)18-8-9-4-5-11(16)7-13(9)14(17)19-20/h1-7,18,20H,8H2,(H2,17,19). The highest BCUT2D eigenvalue weighted by Crippen LogP contribution is 2.15. The van der Waals surface area contributed by atoms with Crippen LogP contribution in [0.25, 0.3) is 0 Å². The van der Waals surface area contributed by atoms with E-state index in [2.05, 4.69) is 10.5 Å². The molecule has 0 aliphatic rings. The second kappa shape index (κ2) is 6.01. The smallest absolute Gasteiger partial charge is 0.170 e. The first-order valence-corrected chi connectivity index (χ1v) is 5.86. The van der Waals surface area contributed by atoms with Crippen molar-refractivity contribution in [2.45, 2.75) is 6.54 Å². The van der Waals surface area contributed by atoms with Crippen molar-refractivity contribution < 1.29 is 14.0 Å². The van der Waals surface area contributed by atoms with Crippen molar-refractivity contribution in [1.29, 1.82) is 0 Å². The van der Waals surface area contributed by atoms with Crippen molar-refractivity contribution in [2.24, 2.45) is 10.9 Å². The molecule has 0 aliphatic carbocycles. The van der Waals surface area contributed by atoms with E-state index in [0.29, 0.717) is 11.3 Å². The predicted molar refractivity (Wildman–Crippen MR) is 72.6 cm³/mol. The number of amidine groups is 1. The maximum atomic E-state index is 13.2. The van der Waals surface area contributed by atoms with Crippen molar-refractivity contribution in [3.63, 3.8) is 0 Å². The number of anilines is 1. The molecule has 6 heteroatoms. The Morgan fingerprint density at radius 3 is 2.60 bits per heavy atom. The molecule has 2 rings (SSSR count). The van der Waals surface area contributed by atoms with Crippen LogP contribution in [0.5, 0.6) is 0 Å². The van der Waals surface area contributed by atoms with Gasteiger partial charge in [0.1, 0.15) is 11.6 Å². The van der Waals surface area contributed by atoms with E-state index in [0.717, 1.165) is 0 Å². The molecule has 0 heterocycles. The van der Waals surface area contributed by atoms with Gasteiger partial charge in [-0.3, -0.25) is 0 Å². The van der Waals surface area contributed by atoms with Gasteiger partial charge in [0, 0.05) is 17.8 Å². The second-order valence-corrected chi connectivity index (χ2v) is 4.15. The number of nitrogens with zero attached hydrogens (tertiary/aromatic N) is 1. The first-order chi connectivity index (χ1) is 9.60. The SMILES string of the molecule is NC(=NO)c1cc(F)ccc1CNc1cccc(F)c1. The second-order valence-electron chi connectivity index (χ2n) is 4.15. The maximum absolute atomic E-state index is 13.2. The van der Waals surface area contributed by atoms with Gasteiger partial charge in [-0.15, -0.1) is 0 Å². The molecule has 0 radical (unpaired) electrons. The van der Waals surface area contributed by atoms with Crippen LogP contribution in [-0.2, 0) is 6.54 Å². The highest BCUT2D eigenvalue weighted by Gasteiger charge is 2.08. The highest BCUT2D eigenvalue weighted by molar-refractivity contribution is 5.98. The largest absolute Gasteiger partial charge is 0.409 e. The van der Waals surface area contributed by atoms with E-state index in [1.54, 1.807) is 12.1 Å². The quantitative estimate of drug-likeness (QED) is 0.348. The summed E-state index contributed by atoms with van der Waals surface area (Å²) in [6, 6.07) is 9.93. The molecule has 0 saturated heterocycles. The van der Waals surface area contributed by atoms with Crippen LogP contribution in [0.4, 0.5) is 14.5 Å². The number of hydrogen-bond acceptors (Lipinski definition) is 3. The van der Waals surface area contributed by atoms with Gasteiger partial charge in [0.15, 0.2) is 5.84 Å². The summed E-state index contributed by atoms with van der Waals surface area (Å²) in [4.78, 5) is 0. The Kier molecular flexibility index (Phi) is 4.14. The van der Waals surface area contributed by atoms with E-state index in [-0.39, 0.29) is 23.8 Å². The molecular weight excluding hydrogens is 264 g/mol. The van der Waals surface area contributed by atoms with E-state index in [1.165, 1.54) is 30.3 Å². The van der Waals surface area contributed by atoms with Crippen molar-refractivity contribution in [2.75, 3.05) is 5.32 Å². The molecule has 0 aromatic heterocycles. The third kappa shape index (κ3) is 3.23. The predicted octanol–water partition coefficient (Wildman–Crippen LogP) is 2.67. The van der Waals surface area contributed by atoms with Gasteiger partial charge in [-0.2, -0.15) is 0 Å². The Morgan fingerprint density at radius 2 is 1.90 bits per heavy atom. The molecule has 2 aromatic rings. The van der Waals surface area contributed by atoms with Crippen LogP contribution < -0.4 is 11.1 Å². The average Bonchev–Trinajstić information content (AvgIpc) is 2.45. The monoisotopic (exact) mass is 277 g/mol. The Bertz CT molecular complexity index is 644. The summed E-state index contributed by atoms with van der Waals surface area (Å²) in [5.41, 5.74) is 7.00.